The Morgan fingerprint density at radius 2 is 2.17 bits per heavy atom. The third kappa shape index (κ3) is 2.48. The average Bonchev–Trinajstić information content (AvgIpc) is 2.79. The van der Waals surface area contributed by atoms with Crippen LogP contribution < -0.4 is 10.3 Å². The van der Waals surface area contributed by atoms with Crippen LogP contribution in [-0.4, -0.2) is 27.2 Å². The van der Waals surface area contributed by atoms with Gasteiger partial charge in [-0.3, -0.25) is 9.59 Å². The van der Waals surface area contributed by atoms with E-state index in [4.69, 9.17) is 4.74 Å². The lowest BCUT2D eigenvalue weighted by Gasteiger charge is -2.04. The summed E-state index contributed by atoms with van der Waals surface area (Å²) in [4.78, 5) is 23.5. The number of carbonyl (C=O) groups excluding carboxylic acids is 1. The molecule has 0 N–H and O–H groups in total. The lowest BCUT2D eigenvalue weighted by Crippen LogP contribution is -2.26. The van der Waals surface area contributed by atoms with E-state index in [1.807, 2.05) is 7.05 Å². The van der Waals surface area contributed by atoms with Crippen LogP contribution in [0.2, 0.25) is 0 Å². The summed E-state index contributed by atoms with van der Waals surface area (Å²) in [6.07, 6.45) is 3.47. The van der Waals surface area contributed by atoms with Gasteiger partial charge in [0.2, 0.25) is 5.88 Å². The molecular weight excluding hydrogens is 234 g/mol. The molecule has 2 aromatic heterocycles. The third-order valence-corrected chi connectivity index (χ3v) is 2.50. The summed E-state index contributed by atoms with van der Waals surface area (Å²) in [6, 6.07) is 4.49. The predicted octanol–water partition coefficient (Wildman–Crippen LogP) is 0.473. The van der Waals surface area contributed by atoms with Crippen LogP contribution in [0, 0.1) is 0 Å². The van der Waals surface area contributed by atoms with E-state index in [2.05, 4.69) is 5.10 Å². The smallest absolute Gasteiger partial charge is 0.267 e. The maximum atomic E-state index is 11.9. The normalized spacial score (nSPS) is 10.3. The van der Waals surface area contributed by atoms with Crippen molar-refractivity contribution in [2.24, 2.45) is 7.05 Å². The Morgan fingerprint density at radius 1 is 1.39 bits per heavy atom. The van der Waals surface area contributed by atoms with Crippen molar-refractivity contribution in [3.8, 4) is 5.88 Å². The molecule has 0 aromatic carbocycles. The van der Waals surface area contributed by atoms with Gasteiger partial charge in [0.25, 0.3) is 5.56 Å². The third-order valence-electron chi connectivity index (χ3n) is 2.50. The number of nitrogens with zero attached hydrogens (tertiary/aromatic N) is 3. The lowest BCUT2D eigenvalue weighted by molar-refractivity contribution is 0.0965. The molecule has 2 heterocycles. The van der Waals surface area contributed by atoms with Crippen molar-refractivity contribution in [1.29, 1.82) is 0 Å². The van der Waals surface area contributed by atoms with Gasteiger partial charge in [-0.25, -0.2) is 4.68 Å². The summed E-state index contributed by atoms with van der Waals surface area (Å²) >= 11 is 0. The molecule has 0 amide bonds. The van der Waals surface area contributed by atoms with E-state index in [0.29, 0.717) is 11.4 Å². The van der Waals surface area contributed by atoms with Gasteiger partial charge in [-0.05, 0) is 6.07 Å². The van der Waals surface area contributed by atoms with Gasteiger partial charge >= 0.3 is 0 Å². The first-order chi connectivity index (χ1) is 8.60. The van der Waals surface area contributed by atoms with Gasteiger partial charge in [-0.1, -0.05) is 0 Å². The molecule has 0 radical (unpaired) electrons. The number of methoxy groups -OCH3 is 1. The highest BCUT2D eigenvalue weighted by atomic mass is 16.5. The first-order valence-corrected chi connectivity index (χ1v) is 5.37. The summed E-state index contributed by atoms with van der Waals surface area (Å²) in [5.41, 5.74) is 0.217. The van der Waals surface area contributed by atoms with Crippen LogP contribution in [0.25, 0.3) is 0 Å². The van der Waals surface area contributed by atoms with Crippen LogP contribution in [0.3, 0.4) is 0 Å². The Bertz CT molecular complexity index is 627. The van der Waals surface area contributed by atoms with E-state index in [9.17, 15) is 9.59 Å². The maximum Gasteiger partial charge on any atom is 0.267 e. The minimum Gasteiger partial charge on any atom is -0.480 e. The predicted molar refractivity (Wildman–Crippen MR) is 64.8 cm³/mol. The van der Waals surface area contributed by atoms with E-state index in [-0.39, 0.29) is 17.9 Å². The van der Waals surface area contributed by atoms with Gasteiger partial charge < -0.3 is 9.30 Å². The molecule has 2 rings (SSSR count). The van der Waals surface area contributed by atoms with Crippen molar-refractivity contribution in [2.75, 3.05) is 7.11 Å². The van der Waals surface area contributed by atoms with Crippen LogP contribution >= 0.6 is 0 Å². The molecule has 18 heavy (non-hydrogen) atoms. The molecule has 0 aliphatic carbocycles. The maximum absolute atomic E-state index is 11.9. The molecule has 0 unspecified atom stereocenters. The lowest BCUT2D eigenvalue weighted by atomic mass is 10.2. The Hall–Kier alpha value is -2.37. The summed E-state index contributed by atoms with van der Waals surface area (Å²) < 4.78 is 7.78. The molecule has 6 nitrogen and oxygen atoms in total. The summed E-state index contributed by atoms with van der Waals surface area (Å²) in [5, 5.41) is 3.92. The monoisotopic (exact) mass is 247 g/mol. The van der Waals surface area contributed by atoms with E-state index >= 15 is 0 Å². The number of ketones is 1. The van der Waals surface area contributed by atoms with Gasteiger partial charge in [0.1, 0.15) is 6.54 Å². The van der Waals surface area contributed by atoms with Crippen molar-refractivity contribution in [3.63, 3.8) is 0 Å². The molecular formula is C12H13N3O3. The fourth-order valence-electron chi connectivity index (χ4n) is 1.55. The molecule has 0 aliphatic heterocycles. The molecule has 2 aromatic rings. The second kappa shape index (κ2) is 4.87. The highest BCUT2D eigenvalue weighted by Gasteiger charge is 2.10. The minimum absolute atomic E-state index is 0.0972. The van der Waals surface area contributed by atoms with Crippen molar-refractivity contribution in [2.45, 2.75) is 6.54 Å². The Balaban J connectivity index is 2.24. The molecule has 6 heteroatoms. The standard InChI is InChI=1S/C12H13N3O3/c1-14-6-5-9(7-14)10(16)8-15-12(17)4-3-11(13-15)18-2/h3-7H,8H2,1-2H3. The summed E-state index contributed by atoms with van der Waals surface area (Å²) in [5.74, 6) is 0.133. The van der Waals surface area contributed by atoms with E-state index < -0.39 is 0 Å². The molecule has 0 saturated carbocycles. The number of hydrogen-bond donors (Lipinski definition) is 0. The van der Waals surface area contributed by atoms with Crippen LogP contribution in [-0.2, 0) is 13.6 Å². The molecule has 94 valence electrons. The highest BCUT2D eigenvalue weighted by molar-refractivity contribution is 5.95. The molecule has 0 aliphatic rings. The van der Waals surface area contributed by atoms with Gasteiger partial charge in [0.05, 0.1) is 7.11 Å². The van der Waals surface area contributed by atoms with Crippen molar-refractivity contribution in [1.82, 2.24) is 14.3 Å². The minimum atomic E-state index is -0.333. The highest BCUT2D eigenvalue weighted by Crippen LogP contribution is 2.04. The quantitative estimate of drug-likeness (QED) is 0.737. The van der Waals surface area contributed by atoms with E-state index in [1.54, 1.807) is 23.0 Å². The van der Waals surface area contributed by atoms with Crippen LogP contribution in [0.4, 0.5) is 0 Å². The molecule has 0 spiro atoms. The average molecular weight is 247 g/mol. The van der Waals surface area contributed by atoms with E-state index in [1.165, 1.54) is 19.2 Å². The Labute approximate surface area is 103 Å². The number of aromatic nitrogens is 3. The number of ether oxygens (including phenoxy) is 1. The zero-order valence-corrected chi connectivity index (χ0v) is 10.2. The zero-order chi connectivity index (χ0) is 13.1. The summed E-state index contributed by atoms with van der Waals surface area (Å²) in [7, 11) is 3.28. The molecule has 0 atom stereocenters. The Kier molecular flexibility index (Phi) is 3.27. The van der Waals surface area contributed by atoms with Crippen LogP contribution in [0.15, 0.2) is 35.4 Å². The van der Waals surface area contributed by atoms with Crippen LogP contribution in [0.1, 0.15) is 10.4 Å². The van der Waals surface area contributed by atoms with Gasteiger partial charge in [-0.2, -0.15) is 0 Å². The number of carbonyl (C=O) groups is 1. The van der Waals surface area contributed by atoms with Gasteiger partial charge in [-0.15, -0.1) is 5.10 Å². The zero-order valence-electron chi connectivity index (χ0n) is 10.2. The van der Waals surface area contributed by atoms with Crippen molar-refractivity contribution in [3.05, 3.63) is 46.5 Å². The topological polar surface area (TPSA) is 66.1 Å². The molecule has 0 bridgehead atoms. The number of aryl methyl sites for hydroxylation is 1. The summed E-state index contributed by atoms with van der Waals surface area (Å²) in [6.45, 7) is -0.0972. The first kappa shape index (κ1) is 12.1. The fourth-order valence-corrected chi connectivity index (χ4v) is 1.55. The fraction of sp³-hybridized carbons (Fsp3) is 0.250. The second-order valence-electron chi connectivity index (χ2n) is 3.86. The van der Waals surface area contributed by atoms with Gasteiger partial charge in [0.15, 0.2) is 5.78 Å². The Morgan fingerprint density at radius 3 is 2.78 bits per heavy atom. The number of rotatable bonds is 4. The van der Waals surface area contributed by atoms with E-state index in [0.717, 1.165) is 4.68 Å². The van der Waals surface area contributed by atoms with Crippen LogP contribution in [0.5, 0.6) is 5.88 Å². The second-order valence-corrected chi connectivity index (χ2v) is 3.86. The van der Waals surface area contributed by atoms with Crippen molar-refractivity contribution >= 4 is 5.78 Å². The van der Waals surface area contributed by atoms with Gasteiger partial charge in [0, 0.05) is 37.1 Å². The number of hydrogen-bond acceptors (Lipinski definition) is 4. The number of Topliss-reactive ketones (excluding diaryl/α,β-unsaturated/α-hetero) is 1. The van der Waals surface area contributed by atoms with Crippen molar-refractivity contribution < 1.29 is 9.53 Å². The largest absolute Gasteiger partial charge is 0.480 e. The SMILES string of the molecule is COc1ccc(=O)n(CC(=O)c2ccn(C)c2)n1. The first-order valence-electron chi connectivity index (χ1n) is 5.37. The molecule has 0 saturated heterocycles. The molecule has 0 fully saturated rings.